The summed E-state index contributed by atoms with van der Waals surface area (Å²) in [5.74, 6) is -1.66. The fourth-order valence-corrected chi connectivity index (χ4v) is 12.1. The Morgan fingerprint density at radius 2 is 0.477 bits per heavy atom. The van der Waals surface area contributed by atoms with Gasteiger partial charge in [0.2, 0.25) is 0 Å². The minimum Gasteiger partial charge on any atom is -0.463 e. The van der Waals surface area contributed by atoms with Gasteiger partial charge in [-0.3, -0.25) is 32.5 Å². The van der Waals surface area contributed by atoms with Gasteiger partial charge in [0.1, 0.15) is 25.4 Å². The van der Waals surface area contributed by atoms with Gasteiger partial charge in [-0.15, -0.1) is 0 Å². The Morgan fingerprint density at radius 3 is 0.766 bits per heavy atom. The molecular weight excluding hydrogens is 1390 g/mol. The first-order valence-corrected chi connectivity index (χ1v) is 44.1. The standard InChI is InChI=1S/C89H146O16P2/c1-4-7-10-13-16-19-22-25-28-31-33-35-37-39-41-43-45-47-49-52-54-57-60-63-66-69-72-75-87(92)99-78-84(90)79-101-106(95,96)102-80-85(91)81-103-107(97,98)104-83-86(105-89(94)77-74-71-68-65-62-59-56-51-30-27-24-21-18-15-12-9-6-3)82-100-88(93)76-73-70-67-64-61-58-55-53-50-48-46-44-42-40-38-36-34-32-29-26-23-20-17-14-11-8-5-2/h7-12,16-21,25-30,33-36,39-42,56,59,65,68,84-86,90-91H,4-6,13-15,22-24,31-32,37-38,43-55,57-58,60-64,66-67,69-83H2,1-3H3,(H,95,96)(H,97,98)/b10-7-,11-8-,12-9-,19-16-,20-17-,21-18-,28-25-,29-26-,30-27-,35-33-,36-34-,41-39-,42-40-,59-56-,68-65-. The Labute approximate surface area is 649 Å². The third-order valence-electron chi connectivity index (χ3n) is 16.6. The molecule has 0 aliphatic heterocycles. The van der Waals surface area contributed by atoms with Gasteiger partial charge < -0.3 is 34.2 Å². The highest BCUT2D eigenvalue weighted by Gasteiger charge is 2.29. The lowest BCUT2D eigenvalue weighted by atomic mass is 10.0. The summed E-state index contributed by atoms with van der Waals surface area (Å²) in [7, 11) is -9.83. The number of carbonyl (C=O) groups excluding carboxylic acids is 3. The fourth-order valence-electron chi connectivity index (χ4n) is 10.5. The van der Waals surface area contributed by atoms with E-state index in [1.165, 1.54) is 77.0 Å². The van der Waals surface area contributed by atoms with Crippen molar-refractivity contribution < 1.29 is 75.8 Å². The predicted octanol–water partition coefficient (Wildman–Crippen LogP) is 24.5. The second-order valence-electron chi connectivity index (χ2n) is 26.8. The molecule has 608 valence electrons. The SMILES string of the molecule is CC/C=C\C/C=C\C/C=C\C/C=C\C/C=C\CCCCCCCCCCCCCC(=O)OCC(O)COP(=O)(O)OCC(O)COP(=O)(O)OCC(COC(=O)CCCCCCCCCCCCC/C=C\C/C=C\C/C=C\C/C=C\C/C=C\CC)OC(=O)CCC/C=C\C/C=C\C/C=C\C/C=C\C/C=C\CC. The fraction of sp³-hybridized carbons (Fsp3) is 0.629. The second-order valence-corrected chi connectivity index (χ2v) is 29.7. The van der Waals surface area contributed by atoms with E-state index in [1.807, 2.05) is 12.2 Å². The van der Waals surface area contributed by atoms with Crippen molar-refractivity contribution in [3.05, 3.63) is 182 Å². The molecule has 0 aromatic carbocycles. The van der Waals surface area contributed by atoms with Crippen LogP contribution in [-0.4, -0.2) is 95.9 Å². The van der Waals surface area contributed by atoms with Crippen LogP contribution in [0.3, 0.4) is 0 Å². The van der Waals surface area contributed by atoms with E-state index >= 15 is 0 Å². The molecule has 5 unspecified atom stereocenters. The van der Waals surface area contributed by atoms with Crippen LogP contribution in [0.1, 0.15) is 303 Å². The van der Waals surface area contributed by atoms with E-state index in [4.69, 9.17) is 32.3 Å². The van der Waals surface area contributed by atoms with E-state index in [2.05, 4.69) is 191 Å². The number of ether oxygens (including phenoxy) is 3. The molecule has 0 heterocycles. The van der Waals surface area contributed by atoms with E-state index in [1.54, 1.807) is 0 Å². The zero-order valence-corrected chi connectivity index (χ0v) is 68.3. The number of esters is 3. The van der Waals surface area contributed by atoms with Crippen LogP contribution in [0, 0.1) is 0 Å². The zero-order chi connectivity index (χ0) is 78.0. The van der Waals surface area contributed by atoms with E-state index < -0.39 is 91.5 Å². The van der Waals surface area contributed by atoms with E-state index in [0.29, 0.717) is 25.7 Å². The molecule has 0 bridgehead atoms. The number of aliphatic hydroxyl groups is 2. The summed E-state index contributed by atoms with van der Waals surface area (Å²) in [6.07, 6.45) is 104. The second kappa shape index (κ2) is 80.2. The summed E-state index contributed by atoms with van der Waals surface area (Å²) in [6.45, 7) is 2.26. The van der Waals surface area contributed by atoms with Crippen LogP contribution < -0.4 is 0 Å². The summed E-state index contributed by atoms with van der Waals surface area (Å²) < 4.78 is 61.2. The molecular formula is C89H146O16P2. The number of rotatable bonds is 76. The Morgan fingerprint density at radius 1 is 0.262 bits per heavy atom. The Kier molecular flexibility index (Phi) is 76.2. The average molecular weight is 1530 g/mol. The Bertz CT molecular complexity index is 2670. The number of phosphoric acid groups is 2. The van der Waals surface area contributed by atoms with Gasteiger partial charge in [-0.1, -0.05) is 319 Å². The molecule has 0 saturated carbocycles. The van der Waals surface area contributed by atoms with Gasteiger partial charge in [0.15, 0.2) is 6.10 Å². The molecule has 0 saturated heterocycles. The molecule has 5 atom stereocenters. The first-order chi connectivity index (χ1) is 52.2. The number of aliphatic hydroxyl groups excluding tert-OH is 2. The van der Waals surface area contributed by atoms with Gasteiger partial charge in [0.05, 0.1) is 26.4 Å². The van der Waals surface area contributed by atoms with Gasteiger partial charge in [0, 0.05) is 19.3 Å². The quantitative estimate of drug-likeness (QED) is 0.0146. The summed E-state index contributed by atoms with van der Waals surface area (Å²) in [5.41, 5.74) is 0. The van der Waals surface area contributed by atoms with Crippen molar-refractivity contribution in [1.82, 2.24) is 0 Å². The van der Waals surface area contributed by atoms with Gasteiger partial charge in [-0.25, -0.2) is 9.13 Å². The maximum absolute atomic E-state index is 13.0. The molecule has 0 spiro atoms. The number of allylic oxidation sites excluding steroid dienone is 30. The molecule has 0 rings (SSSR count). The summed E-state index contributed by atoms with van der Waals surface area (Å²) in [5, 5.41) is 20.7. The van der Waals surface area contributed by atoms with E-state index in [9.17, 15) is 43.5 Å². The van der Waals surface area contributed by atoms with Crippen molar-refractivity contribution in [2.24, 2.45) is 0 Å². The molecule has 0 aromatic heterocycles. The highest BCUT2D eigenvalue weighted by molar-refractivity contribution is 7.47. The first-order valence-electron chi connectivity index (χ1n) is 41.1. The monoisotopic (exact) mass is 1530 g/mol. The highest BCUT2D eigenvalue weighted by atomic mass is 31.2. The van der Waals surface area contributed by atoms with Crippen molar-refractivity contribution >= 4 is 33.6 Å². The molecule has 0 aliphatic carbocycles. The van der Waals surface area contributed by atoms with Crippen LogP contribution in [0.5, 0.6) is 0 Å². The molecule has 0 fully saturated rings. The highest BCUT2D eigenvalue weighted by Crippen LogP contribution is 2.45. The molecule has 0 amide bonds. The number of phosphoric ester groups is 2. The summed E-state index contributed by atoms with van der Waals surface area (Å²) in [6, 6.07) is 0. The lowest BCUT2D eigenvalue weighted by Gasteiger charge is -2.21. The maximum Gasteiger partial charge on any atom is 0.472 e. The minimum absolute atomic E-state index is 0.0198. The number of hydrogen-bond donors (Lipinski definition) is 4. The topological polar surface area (TPSA) is 231 Å². The predicted molar refractivity (Wildman–Crippen MR) is 445 cm³/mol. The van der Waals surface area contributed by atoms with Crippen LogP contribution >= 0.6 is 15.6 Å². The van der Waals surface area contributed by atoms with Gasteiger partial charge in [-0.05, 0) is 148 Å². The third-order valence-corrected chi connectivity index (χ3v) is 18.5. The van der Waals surface area contributed by atoms with Crippen LogP contribution in [-0.2, 0) is 55.8 Å². The largest absolute Gasteiger partial charge is 0.472 e. The van der Waals surface area contributed by atoms with Crippen LogP contribution in [0.2, 0.25) is 0 Å². The van der Waals surface area contributed by atoms with Crippen LogP contribution in [0.4, 0.5) is 0 Å². The molecule has 0 radical (unpaired) electrons. The lowest BCUT2D eigenvalue weighted by Crippen LogP contribution is -2.30. The Hall–Kier alpha value is -5.35. The van der Waals surface area contributed by atoms with Gasteiger partial charge in [0.25, 0.3) is 0 Å². The van der Waals surface area contributed by atoms with Crippen molar-refractivity contribution in [2.45, 2.75) is 322 Å². The zero-order valence-electron chi connectivity index (χ0n) is 66.5. The summed E-state index contributed by atoms with van der Waals surface area (Å²) >= 11 is 0. The number of carbonyl (C=O) groups is 3. The van der Waals surface area contributed by atoms with Crippen molar-refractivity contribution in [1.29, 1.82) is 0 Å². The van der Waals surface area contributed by atoms with Crippen molar-refractivity contribution in [3.63, 3.8) is 0 Å². The molecule has 4 N–H and O–H groups in total. The van der Waals surface area contributed by atoms with Crippen LogP contribution in [0.15, 0.2) is 182 Å². The maximum atomic E-state index is 13.0. The van der Waals surface area contributed by atoms with E-state index in [-0.39, 0.29) is 19.3 Å². The smallest absolute Gasteiger partial charge is 0.463 e. The molecule has 0 aliphatic rings. The third kappa shape index (κ3) is 81.5. The van der Waals surface area contributed by atoms with Crippen LogP contribution in [0.25, 0.3) is 0 Å². The van der Waals surface area contributed by atoms with E-state index in [0.717, 1.165) is 161 Å². The van der Waals surface area contributed by atoms with Crippen molar-refractivity contribution in [2.75, 3.05) is 39.6 Å². The van der Waals surface area contributed by atoms with Gasteiger partial charge >= 0.3 is 33.6 Å². The molecule has 16 nitrogen and oxygen atoms in total. The Balaban J connectivity index is 4.64. The molecule has 0 aromatic rings. The minimum atomic E-state index is -4.96. The first kappa shape index (κ1) is 102. The average Bonchev–Trinajstić information content (AvgIpc) is 0.908. The van der Waals surface area contributed by atoms with Crippen molar-refractivity contribution in [3.8, 4) is 0 Å². The summed E-state index contributed by atoms with van der Waals surface area (Å²) in [4.78, 5) is 58.7. The van der Waals surface area contributed by atoms with Gasteiger partial charge in [-0.2, -0.15) is 0 Å². The lowest BCUT2D eigenvalue weighted by molar-refractivity contribution is -0.161. The molecule has 18 heteroatoms. The molecule has 107 heavy (non-hydrogen) atoms. The normalized spacial score (nSPS) is 14.9. The number of unbranched alkanes of at least 4 members (excludes halogenated alkanes) is 23. The number of hydrogen-bond acceptors (Lipinski definition) is 14.